The van der Waals surface area contributed by atoms with Gasteiger partial charge in [0, 0.05) is 12.8 Å². The molecule has 0 bridgehead atoms. The van der Waals surface area contributed by atoms with Crippen LogP contribution in [-0.4, -0.2) is 22.2 Å². The van der Waals surface area contributed by atoms with Crippen LogP contribution < -0.4 is 0 Å². The second kappa shape index (κ2) is 13.6. The van der Waals surface area contributed by atoms with Crippen LogP contribution in [0.2, 0.25) is 0 Å². The third-order valence-corrected chi connectivity index (χ3v) is 2.56. The van der Waals surface area contributed by atoms with Gasteiger partial charge in [-0.05, 0) is 24.8 Å². The molecule has 0 saturated carbocycles. The van der Waals surface area contributed by atoms with Crippen molar-refractivity contribution in [2.45, 2.75) is 39.0 Å². The van der Waals surface area contributed by atoms with E-state index in [9.17, 15) is 9.59 Å². The minimum absolute atomic E-state index is 0.198. The van der Waals surface area contributed by atoms with Crippen molar-refractivity contribution in [1.82, 2.24) is 0 Å². The maximum absolute atomic E-state index is 10.2. The first-order valence-electron chi connectivity index (χ1n) is 7.36. The summed E-state index contributed by atoms with van der Waals surface area (Å²) in [4.78, 5) is 20.1. The van der Waals surface area contributed by atoms with E-state index in [2.05, 4.69) is 0 Å². The van der Waals surface area contributed by atoms with Crippen LogP contribution in [0.15, 0.2) is 48.6 Å². The molecule has 120 valence electrons. The van der Waals surface area contributed by atoms with Gasteiger partial charge in [0.05, 0.1) is 0 Å². The molecule has 1 aromatic rings. The van der Waals surface area contributed by atoms with Crippen molar-refractivity contribution < 1.29 is 19.8 Å². The number of aliphatic carboxylic acids is 2. The Labute approximate surface area is 131 Å². The minimum atomic E-state index is -0.752. The molecule has 0 heterocycles. The fourth-order valence-corrected chi connectivity index (χ4v) is 1.48. The van der Waals surface area contributed by atoms with Crippen molar-refractivity contribution >= 4 is 18.0 Å². The molecule has 0 spiro atoms. The Hall–Kier alpha value is -2.36. The zero-order valence-corrected chi connectivity index (χ0v) is 12.9. The summed E-state index contributed by atoms with van der Waals surface area (Å²) in [5, 5.41) is 16.6. The monoisotopic (exact) mass is 304 g/mol. The second-order valence-electron chi connectivity index (χ2n) is 4.56. The van der Waals surface area contributed by atoms with Gasteiger partial charge in [0.2, 0.25) is 0 Å². The van der Waals surface area contributed by atoms with Crippen molar-refractivity contribution in [3.63, 3.8) is 0 Å². The van der Waals surface area contributed by atoms with Gasteiger partial charge in [-0.15, -0.1) is 0 Å². The van der Waals surface area contributed by atoms with Crippen LogP contribution >= 0.6 is 0 Å². The van der Waals surface area contributed by atoms with E-state index < -0.39 is 11.9 Å². The van der Waals surface area contributed by atoms with Crippen molar-refractivity contribution in [3.8, 4) is 0 Å². The lowest BCUT2D eigenvalue weighted by molar-refractivity contribution is -0.137. The third-order valence-electron chi connectivity index (χ3n) is 2.56. The minimum Gasteiger partial charge on any atom is -0.481 e. The van der Waals surface area contributed by atoms with Gasteiger partial charge < -0.3 is 10.2 Å². The summed E-state index contributed by atoms with van der Waals surface area (Å²) < 4.78 is 0. The highest BCUT2D eigenvalue weighted by Gasteiger charge is 1.91. The molecule has 0 unspecified atom stereocenters. The van der Waals surface area contributed by atoms with Crippen LogP contribution in [0.25, 0.3) is 6.08 Å². The van der Waals surface area contributed by atoms with E-state index in [4.69, 9.17) is 10.2 Å². The number of hydrogen-bond acceptors (Lipinski definition) is 2. The summed E-state index contributed by atoms with van der Waals surface area (Å²) >= 11 is 0. The summed E-state index contributed by atoms with van der Waals surface area (Å²) in [6.07, 6.45) is 10.4. The standard InChI is InChI=1S/C11H12O2.C7H12O2/c12-11(13)9-5-4-8-10-6-2-1-3-7-10;1-2-3-4-5-6-7(8)9/h1-4,6-8H,5,9H2,(H,12,13);3-4H,2,5-6H2,1H3,(H,8,9). The molecule has 0 aliphatic heterocycles. The SMILES string of the molecule is CCC=CCCC(=O)O.O=C(O)CCC=Cc1ccccc1. The molecule has 0 radical (unpaired) electrons. The highest BCUT2D eigenvalue weighted by atomic mass is 16.4. The summed E-state index contributed by atoms with van der Waals surface area (Å²) in [5.74, 6) is -1.48. The summed E-state index contributed by atoms with van der Waals surface area (Å²) in [5.41, 5.74) is 1.10. The first-order valence-corrected chi connectivity index (χ1v) is 7.36. The lowest BCUT2D eigenvalue weighted by Gasteiger charge is -1.90. The molecular weight excluding hydrogens is 280 g/mol. The average molecular weight is 304 g/mol. The second-order valence-corrected chi connectivity index (χ2v) is 4.56. The molecule has 22 heavy (non-hydrogen) atoms. The predicted octanol–water partition coefficient (Wildman–Crippen LogP) is 4.38. The van der Waals surface area contributed by atoms with Gasteiger partial charge >= 0.3 is 11.9 Å². The number of allylic oxidation sites excluding steroid dienone is 3. The Kier molecular flexibility index (Phi) is 12.2. The third kappa shape index (κ3) is 14.1. The Bertz CT molecular complexity index is 475. The largest absolute Gasteiger partial charge is 0.481 e. The van der Waals surface area contributed by atoms with E-state index in [1.807, 2.05) is 61.6 Å². The normalized spacial score (nSPS) is 10.4. The highest BCUT2D eigenvalue weighted by Crippen LogP contribution is 2.02. The number of carboxylic acid groups (broad SMARTS) is 2. The molecular formula is C18H24O4. The van der Waals surface area contributed by atoms with Gasteiger partial charge in [0.1, 0.15) is 0 Å². The van der Waals surface area contributed by atoms with Crippen molar-refractivity contribution in [2.24, 2.45) is 0 Å². The average Bonchev–Trinajstić information content (AvgIpc) is 2.49. The molecule has 0 aliphatic carbocycles. The predicted molar refractivity (Wildman–Crippen MR) is 88.6 cm³/mol. The molecule has 0 atom stereocenters. The number of carbonyl (C=O) groups is 2. The molecule has 0 aromatic heterocycles. The van der Waals surface area contributed by atoms with Gasteiger partial charge in [0.25, 0.3) is 0 Å². The zero-order valence-electron chi connectivity index (χ0n) is 12.9. The molecule has 0 fully saturated rings. The van der Waals surface area contributed by atoms with Gasteiger partial charge in [-0.2, -0.15) is 0 Å². The molecule has 0 amide bonds. The van der Waals surface area contributed by atoms with Gasteiger partial charge in [-0.3, -0.25) is 9.59 Å². The van der Waals surface area contributed by atoms with Crippen LogP contribution in [0.1, 0.15) is 44.6 Å². The van der Waals surface area contributed by atoms with E-state index >= 15 is 0 Å². The van der Waals surface area contributed by atoms with E-state index in [0.717, 1.165) is 12.0 Å². The smallest absolute Gasteiger partial charge is 0.303 e. The maximum Gasteiger partial charge on any atom is 0.303 e. The quantitative estimate of drug-likeness (QED) is 0.699. The van der Waals surface area contributed by atoms with Gasteiger partial charge in [0.15, 0.2) is 0 Å². The number of benzene rings is 1. The molecule has 1 aromatic carbocycles. The molecule has 2 N–H and O–H groups in total. The van der Waals surface area contributed by atoms with Crippen LogP contribution in [0.5, 0.6) is 0 Å². The Morgan fingerprint density at radius 1 is 0.909 bits per heavy atom. The van der Waals surface area contributed by atoms with Crippen LogP contribution in [-0.2, 0) is 9.59 Å². The van der Waals surface area contributed by atoms with Gasteiger partial charge in [-0.25, -0.2) is 0 Å². The topological polar surface area (TPSA) is 74.6 Å². The fourth-order valence-electron chi connectivity index (χ4n) is 1.48. The van der Waals surface area contributed by atoms with Gasteiger partial charge in [-0.1, -0.05) is 61.6 Å². The van der Waals surface area contributed by atoms with Crippen LogP contribution in [0.3, 0.4) is 0 Å². The van der Waals surface area contributed by atoms with E-state index in [-0.39, 0.29) is 12.8 Å². The lowest BCUT2D eigenvalue weighted by atomic mass is 10.2. The van der Waals surface area contributed by atoms with E-state index in [0.29, 0.717) is 12.8 Å². The lowest BCUT2D eigenvalue weighted by Crippen LogP contribution is -1.91. The number of hydrogen-bond donors (Lipinski definition) is 2. The van der Waals surface area contributed by atoms with Crippen molar-refractivity contribution in [3.05, 3.63) is 54.1 Å². The Morgan fingerprint density at radius 3 is 1.95 bits per heavy atom. The van der Waals surface area contributed by atoms with Crippen molar-refractivity contribution in [2.75, 3.05) is 0 Å². The number of carboxylic acids is 2. The first kappa shape index (κ1) is 19.6. The van der Waals surface area contributed by atoms with E-state index in [1.54, 1.807) is 0 Å². The van der Waals surface area contributed by atoms with E-state index in [1.165, 1.54) is 0 Å². The Morgan fingerprint density at radius 2 is 1.45 bits per heavy atom. The summed E-state index contributed by atoms with van der Waals surface area (Å²) in [6, 6.07) is 9.83. The molecule has 4 nitrogen and oxygen atoms in total. The van der Waals surface area contributed by atoms with Crippen LogP contribution in [0, 0.1) is 0 Å². The summed E-state index contributed by atoms with van der Waals surface area (Å²) in [7, 11) is 0. The first-order chi connectivity index (χ1) is 10.6. The highest BCUT2D eigenvalue weighted by molar-refractivity contribution is 5.67. The molecule has 4 heteroatoms. The molecule has 1 rings (SSSR count). The molecule has 0 aliphatic rings. The summed E-state index contributed by atoms with van der Waals surface area (Å²) in [6.45, 7) is 2.03. The Balaban J connectivity index is 0.000000433. The van der Waals surface area contributed by atoms with Crippen molar-refractivity contribution in [1.29, 1.82) is 0 Å². The van der Waals surface area contributed by atoms with Crippen LogP contribution in [0.4, 0.5) is 0 Å². The number of rotatable bonds is 8. The fraction of sp³-hybridized carbons (Fsp3) is 0.333. The molecule has 0 saturated heterocycles. The zero-order chi connectivity index (χ0) is 16.6. The maximum atomic E-state index is 10.2.